The normalized spacial score (nSPS) is 28.2. The van der Waals surface area contributed by atoms with Gasteiger partial charge in [-0.15, -0.1) is 11.6 Å². The summed E-state index contributed by atoms with van der Waals surface area (Å²) in [6.45, 7) is 5.46. The number of nitrogens with zero attached hydrogens (tertiary/aromatic N) is 2. The molecular formula is C25H29ClN4O2. The molecule has 0 spiro atoms. The predicted octanol–water partition coefficient (Wildman–Crippen LogP) is 4.34. The van der Waals surface area contributed by atoms with Crippen molar-refractivity contribution in [2.75, 3.05) is 18.1 Å². The quantitative estimate of drug-likeness (QED) is 0.578. The molecule has 2 aliphatic rings. The monoisotopic (exact) mass is 452 g/mol. The molecule has 1 aromatic heterocycles. The third kappa shape index (κ3) is 3.97. The van der Waals surface area contributed by atoms with E-state index in [-0.39, 0.29) is 35.3 Å². The Morgan fingerprint density at radius 1 is 1.25 bits per heavy atom. The Hall–Kier alpha value is -2.57. The lowest BCUT2D eigenvalue weighted by molar-refractivity contribution is -0.126. The molecule has 2 saturated heterocycles. The minimum atomic E-state index is -0.321. The highest BCUT2D eigenvalue weighted by molar-refractivity contribution is 6.23. The van der Waals surface area contributed by atoms with Crippen LogP contribution >= 0.6 is 11.6 Å². The van der Waals surface area contributed by atoms with Crippen molar-refractivity contribution in [1.82, 2.24) is 15.3 Å². The number of para-hydroxylation sites is 2. The Morgan fingerprint density at radius 3 is 2.84 bits per heavy atom. The molecule has 0 aliphatic carbocycles. The highest BCUT2D eigenvalue weighted by Gasteiger charge is 2.45. The minimum Gasteiger partial charge on any atom is -0.379 e. The van der Waals surface area contributed by atoms with Gasteiger partial charge in [0.2, 0.25) is 5.91 Å². The van der Waals surface area contributed by atoms with Gasteiger partial charge in [-0.1, -0.05) is 24.3 Å². The van der Waals surface area contributed by atoms with Crippen LogP contribution in [0, 0.1) is 12.8 Å². The number of fused-ring (bicyclic) bond motifs is 1. The molecule has 5 unspecified atom stereocenters. The first kappa shape index (κ1) is 21.3. The molecule has 32 heavy (non-hydrogen) atoms. The maximum Gasteiger partial charge on any atom is 0.225 e. The molecule has 3 aromatic rings. The number of aromatic nitrogens is 2. The van der Waals surface area contributed by atoms with E-state index in [0.717, 1.165) is 29.0 Å². The highest BCUT2D eigenvalue weighted by atomic mass is 35.5. The van der Waals surface area contributed by atoms with Crippen LogP contribution in [-0.2, 0) is 9.53 Å². The van der Waals surface area contributed by atoms with Gasteiger partial charge in [-0.25, -0.2) is 4.98 Å². The molecule has 0 radical (unpaired) electrons. The fourth-order valence-corrected chi connectivity index (χ4v) is 5.38. The summed E-state index contributed by atoms with van der Waals surface area (Å²) in [4.78, 5) is 24.0. The van der Waals surface area contributed by atoms with Crippen molar-refractivity contribution in [2.24, 2.45) is 5.92 Å². The molecule has 2 N–H and O–H groups in total. The number of carbonyl (C=O) groups is 1. The number of rotatable bonds is 4. The maximum atomic E-state index is 13.3. The average molecular weight is 453 g/mol. The molecule has 0 bridgehead atoms. The fraction of sp³-hybridized carbons (Fsp3) is 0.440. The van der Waals surface area contributed by atoms with Crippen molar-refractivity contribution in [3.05, 3.63) is 59.9 Å². The zero-order valence-electron chi connectivity index (χ0n) is 18.4. The van der Waals surface area contributed by atoms with Crippen LogP contribution in [-0.4, -0.2) is 46.5 Å². The molecule has 3 heterocycles. The van der Waals surface area contributed by atoms with Crippen molar-refractivity contribution >= 4 is 34.2 Å². The molecule has 7 heteroatoms. The number of ether oxygens (including phenoxy) is 1. The van der Waals surface area contributed by atoms with Gasteiger partial charge in [0.1, 0.15) is 5.82 Å². The number of piperidine rings is 1. The maximum absolute atomic E-state index is 13.3. The van der Waals surface area contributed by atoms with E-state index >= 15 is 0 Å². The third-order valence-electron chi connectivity index (χ3n) is 6.73. The van der Waals surface area contributed by atoms with Crippen LogP contribution in [0.15, 0.2) is 48.5 Å². The van der Waals surface area contributed by atoms with Gasteiger partial charge in [0.15, 0.2) is 0 Å². The average Bonchev–Trinajstić information content (AvgIpc) is 3.44. The topological polar surface area (TPSA) is 70.2 Å². The Bertz CT molecular complexity index is 1080. The Kier molecular flexibility index (Phi) is 5.82. The zero-order chi connectivity index (χ0) is 22.2. The SMILES string of the molecule is Cc1cccc(N2C(c3nc4ccccc4[nH]3)CC(C(=O)NC3CCOC3)C(Cl)C2C)c1. The molecule has 5 atom stereocenters. The smallest absolute Gasteiger partial charge is 0.225 e. The van der Waals surface area contributed by atoms with E-state index in [4.69, 9.17) is 21.3 Å². The Labute approximate surface area is 193 Å². The van der Waals surface area contributed by atoms with Gasteiger partial charge in [-0.05, 0) is 56.5 Å². The van der Waals surface area contributed by atoms with Crippen LogP contribution in [0.1, 0.15) is 37.2 Å². The summed E-state index contributed by atoms with van der Waals surface area (Å²) in [5, 5.41) is 2.84. The van der Waals surface area contributed by atoms with E-state index in [0.29, 0.717) is 19.6 Å². The van der Waals surface area contributed by atoms with Crippen molar-refractivity contribution in [2.45, 2.75) is 50.2 Å². The number of carbonyl (C=O) groups excluding carboxylic acids is 1. The number of hydrogen-bond donors (Lipinski definition) is 2. The number of hydrogen-bond acceptors (Lipinski definition) is 4. The molecule has 2 aromatic carbocycles. The number of aromatic amines is 1. The van der Waals surface area contributed by atoms with E-state index in [1.165, 1.54) is 5.56 Å². The van der Waals surface area contributed by atoms with Crippen LogP contribution in [0.2, 0.25) is 0 Å². The number of aryl methyl sites for hydroxylation is 1. The summed E-state index contributed by atoms with van der Waals surface area (Å²) in [6, 6.07) is 16.4. The number of amides is 1. The van der Waals surface area contributed by atoms with Gasteiger partial charge >= 0.3 is 0 Å². The fourth-order valence-electron chi connectivity index (χ4n) is 5.04. The first-order valence-electron chi connectivity index (χ1n) is 11.3. The Balaban J connectivity index is 1.52. The summed E-state index contributed by atoms with van der Waals surface area (Å²) >= 11 is 6.96. The van der Waals surface area contributed by atoms with E-state index in [9.17, 15) is 4.79 Å². The lowest BCUT2D eigenvalue weighted by atomic mass is 9.84. The van der Waals surface area contributed by atoms with E-state index in [1.54, 1.807) is 0 Å². The lowest BCUT2D eigenvalue weighted by Gasteiger charge is -2.47. The molecule has 168 valence electrons. The number of benzene rings is 2. The molecule has 6 nitrogen and oxygen atoms in total. The summed E-state index contributed by atoms with van der Waals surface area (Å²) in [7, 11) is 0. The summed E-state index contributed by atoms with van der Waals surface area (Å²) in [5.41, 5.74) is 4.20. The van der Waals surface area contributed by atoms with Gasteiger partial charge in [-0.2, -0.15) is 0 Å². The molecule has 5 rings (SSSR count). The van der Waals surface area contributed by atoms with E-state index in [1.807, 2.05) is 24.3 Å². The zero-order valence-corrected chi connectivity index (χ0v) is 19.2. The second-order valence-corrected chi connectivity index (χ2v) is 9.50. The molecule has 0 saturated carbocycles. The number of halogens is 1. The van der Waals surface area contributed by atoms with Gasteiger partial charge in [-0.3, -0.25) is 4.79 Å². The third-order valence-corrected chi connectivity index (χ3v) is 7.40. The van der Waals surface area contributed by atoms with Crippen LogP contribution in [0.25, 0.3) is 11.0 Å². The molecule has 1 amide bonds. The summed E-state index contributed by atoms with van der Waals surface area (Å²) < 4.78 is 5.43. The van der Waals surface area contributed by atoms with Crippen molar-refractivity contribution in [3.63, 3.8) is 0 Å². The number of alkyl halides is 1. The van der Waals surface area contributed by atoms with E-state index < -0.39 is 0 Å². The summed E-state index contributed by atoms with van der Waals surface area (Å²) in [5.74, 6) is 0.564. The second-order valence-electron chi connectivity index (χ2n) is 9.00. The Morgan fingerprint density at radius 2 is 2.09 bits per heavy atom. The van der Waals surface area contributed by atoms with Crippen LogP contribution in [0.5, 0.6) is 0 Å². The van der Waals surface area contributed by atoms with Crippen molar-refractivity contribution in [3.8, 4) is 0 Å². The molecular weight excluding hydrogens is 424 g/mol. The van der Waals surface area contributed by atoms with Gasteiger partial charge in [0.05, 0.1) is 41.0 Å². The minimum absolute atomic E-state index is 0.0114. The highest BCUT2D eigenvalue weighted by Crippen LogP contribution is 2.42. The largest absolute Gasteiger partial charge is 0.379 e. The number of anilines is 1. The lowest BCUT2D eigenvalue weighted by Crippen LogP contribution is -2.55. The van der Waals surface area contributed by atoms with Gasteiger partial charge in [0.25, 0.3) is 0 Å². The van der Waals surface area contributed by atoms with E-state index in [2.05, 4.69) is 53.3 Å². The van der Waals surface area contributed by atoms with Gasteiger partial charge in [0, 0.05) is 18.3 Å². The first-order valence-corrected chi connectivity index (χ1v) is 11.8. The molecule has 2 fully saturated rings. The van der Waals surface area contributed by atoms with Crippen LogP contribution in [0.4, 0.5) is 5.69 Å². The van der Waals surface area contributed by atoms with Crippen LogP contribution in [0.3, 0.4) is 0 Å². The first-order chi connectivity index (χ1) is 15.5. The molecule has 2 aliphatic heterocycles. The standard InChI is InChI=1S/C25H29ClN4O2/c1-15-6-5-7-18(12-15)30-16(2)23(26)19(25(31)27-17-10-11-32-14-17)13-22(30)24-28-20-8-3-4-9-21(20)29-24/h3-9,12,16-17,19,22-23H,10-11,13-14H2,1-2H3,(H,27,31)(H,28,29). The second kappa shape index (κ2) is 8.75. The number of imidazole rings is 1. The number of nitrogens with one attached hydrogen (secondary N) is 2. The predicted molar refractivity (Wildman–Crippen MR) is 127 cm³/mol. The van der Waals surface area contributed by atoms with Crippen LogP contribution < -0.4 is 10.2 Å². The van der Waals surface area contributed by atoms with Crippen molar-refractivity contribution < 1.29 is 9.53 Å². The summed E-state index contributed by atoms with van der Waals surface area (Å²) in [6.07, 6.45) is 1.44. The van der Waals surface area contributed by atoms with Gasteiger partial charge < -0.3 is 19.9 Å². The van der Waals surface area contributed by atoms with Crippen molar-refractivity contribution in [1.29, 1.82) is 0 Å². The number of H-pyrrole nitrogens is 1.